The summed E-state index contributed by atoms with van der Waals surface area (Å²) in [6.45, 7) is 6.63. The number of hydrogen-bond donors (Lipinski definition) is 1. The van der Waals surface area contributed by atoms with Crippen molar-refractivity contribution in [1.29, 1.82) is 0 Å². The van der Waals surface area contributed by atoms with Crippen LogP contribution < -0.4 is 5.32 Å². The molecule has 0 saturated carbocycles. The Balaban J connectivity index is 3.18. The topological polar surface area (TPSA) is 12.0 Å². The minimum atomic E-state index is -0.497. The second kappa shape index (κ2) is 6.45. The Morgan fingerprint density at radius 1 is 1.24 bits per heavy atom. The summed E-state index contributed by atoms with van der Waals surface area (Å²) in [4.78, 5) is 0. The first-order valence-electron chi connectivity index (χ1n) is 5.89. The van der Waals surface area contributed by atoms with Crippen LogP contribution in [0.4, 0.5) is 8.78 Å². The van der Waals surface area contributed by atoms with Gasteiger partial charge in [-0.25, -0.2) is 8.78 Å². The van der Waals surface area contributed by atoms with Crippen LogP contribution in [0.15, 0.2) is 16.6 Å². The first-order chi connectivity index (χ1) is 8.01. The largest absolute Gasteiger partial charge is 0.310 e. The second-order valence-electron chi connectivity index (χ2n) is 4.20. The quantitative estimate of drug-likeness (QED) is 0.849. The molecule has 1 aromatic rings. The lowest BCUT2D eigenvalue weighted by Gasteiger charge is -2.25. The van der Waals surface area contributed by atoms with Gasteiger partial charge in [0.05, 0.1) is 0 Å². The van der Waals surface area contributed by atoms with Gasteiger partial charge in [-0.1, -0.05) is 43.1 Å². The van der Waals surface area contributed by atoms with E-state index in [0.717, 1.165) is 6.42 Å². The minimum Gasteiger partial charge on any atom is -0.310 e. The Hall–Kier alpha value is -0.480. The molecule has 2 atom stereocenters. The first-order valence-corrected chi connectivity index (χ1v) is 6.68. The standard InChI is InChI=1S/C13H18BrF2N/c1-4-8(3)13(17-5-2)12-10(15)6-9(14)7-11(12)16/h6-8,13,17H,4-5H2,1-3H3. The molecule has 1 aromatic carbocycles. The van der Waals surface area contributed by atoms with Crippen LogP contribution in [-0.4, -0.2) is 6.54 Å². The Morgan fingerprint density at radius 3 is 2.18 bits per heavy atom. The predicted octanol–water partition coefficient (Wildman–Crippen LogP) is 4.42. The van der Waals surface area contributed by atoms with Gasteiger partial charge in [-0.05, 0) is 24.6 Å². The minimum absolute atomic E-state index is 0.143. The molecular formula is C13H18BrF2N. The summed E-state index contributed by atoms with van der Waals surface area (Å²) in [6, 6.07) is 2.34. The maximum atomic E-state index is 13.9. The fourth-order valence-corrected chi connectivity index (χ4v) is 2.30. The third-order valence-electron chi connectivity index (χ3n) is 2.99. The van der Waals surface area contributed by atoms with Gasteiger partial charge in [0.15, 0.2) is 0 Å². The van der Waals surface area contributed by atoms with Gasteiger partial charge in [0.1, 0.15) is 11.6 Å². The van der Waals surface area contributed by atoms with Crippen LogP contribution in [0.2, 0.25) is 0 Å². The lowest BCUT2D eigenvalue weighted by Crippen LogP contribution is -2.28. The number of halogens is 3. The number of nitrogens with one attached hydrogen (secondary N) is 1. The summed E-state index contributed by atoms with van der Waals surface area (Å²) in [7, 11) is 0. The Morgan fingerprint density at radius 2 is 1.76 bits per heavy atom. The first kappa shape index (κ1) is 14.6. The summed E-state index contributed by atoms with van der Waals surface area (Å²) in [5.74, 6) is -0.814. The average Bonchev–Trinajstić information content (AvgIpc) is 2.25. The van der Waals surface area contributed by atoms with E-state index >= 15 is 0 Å². The molecule has 4 heteroatoms. The van der Waals surface area contributed by atoms with E-state index in [1.54, 1.807) is 0 Å². The smallest absolute Gasteiger partial charge is 0.132 e. The van der Waals surface area contributed by atoms with Crippen LogP contribution >= 0.6 is 15.9 Å². The highest BCUT2D eigenvalue weighted by molar-refractivity contribution is 9.10. The molecule has 2 unspecified atom stereocenters. The van der Waals surface area contributed by atoms with Gasteiger partial charge in [0.25, 0.3) is 0 Å². The van der Waals surface area contributed by atoms with Crippen LogP contribution in [0.1, 0.15) is 38.8 Å². The van der Waals surface area contributed by atoms with Gasteiger partial charge in [0, 0.05) is 16.1 Å². The molecule has 0 bridgehead atoms. The fourth-order valence-electron chi connectivity index (χ4n) is 1.89. The van der Waals surface area contributed by atoms with E-state index in [9.17, 15) is 8.78 Å². The van der Waals surface area contributed by atoms with E-state index in [1.807, 2.05) is 20.8 Å². The lowest BCUT2D eigenvalue weighted by molar-refractivity contribution is 0.358. The van der Waals surface area contributed by atoms with Crippen molar-refractivity contribution in [3.8, 4) is 0 Å². The van der Waals surface area contributed by atoms with E-state index in [-0.39, 0.29) is 17.5 Å². The Kier molecular flexibility index (Phi) is 5.53. The van der Waals surface area contributed by atoms with Gasteiger partial charge in [-0.15, -0.1) is 0 Å². The molecule has 17 heavy (non-hydrogen) atoms. The molecule has 0 fully saturated rings. The third kappa shape index (κ3) is 3.49. The summed E-state index contributed by atoms with van der Waals surface area (Å²) >= 11 is 3.09. The fraction of sp³-hybridized carbons (Fsp3) is 0.538. The average molecular weight is 306 g/mol. The highest BCUT2D eigenvalue weighted by Gasteiger charge is 2.24. The highest BCUT2D eigenvalue weighted by Crippen LogP contribution is 2.30. The number of rotatable bonds is 5. The molecule has 96 valence electrons. The third-order valence-corrected chi connectivity index (χ3v) is 3.45. The van der Waals surface area contributed by atoms with E-state index in [1.165, 1.54) is 12.1 Å². The van der Waals surface area contributed by atoms with Crippen molar-refractivity contribution in [2.24, 2.45) is 5.92 Å². The van der Waals surface area contributed by atoms with Gasteiger partial charge >= 0.3 is 0 Å². The van der Waals surface area contributed by atoms with Crippen molar-refractivity contribution in [2.75, 3.05) is 6.54 Å². The van der Waals surface area contributed by atoms with Crippen molar-refractivity contribution >= 4 is 15.9 Å². The molecule has 0 aliphatic carbocycles. The molecule has 0 radical (unpaired) electrons. The van der Waals surface area contributed by atoms with Crippen molar-refractivity contribution in [2.45, 2.75) is 33.2 Å². The normalized spacial score (nSPS) is 14.7. The van der Waals surface area contributed by atoms with E-state index in [0.29, 0.717) is 11.0 Å². The van der Waals surface area contributed by atoms with Crippen molar-refractivity contribution < 1.29 is 8.78 Å². The molecule has 0 aliphatic heterocycles. The Bertz CT molecular complexity index is 359. The molecule has 1 nitrogen and oxygen atoms in total. The summed E-state index contributed by atoms with van der Waals surface area (Å²) in [5, 5.41) is 3.16. The molecule has 0 amide bonds. The van der Waals surface area contributed by atoms with Crippen LogP contribution in [0, 0.1) is 17.6 Å². The maximum absolute atomic E-state index is 13.9. The van der Waals surface area contributed by atoms with E-state index < -0.39 is 11.6 Å². The van der Waals surface area contributed by atoms with Crippen molar-refractivity contribution in [3.05, 3.63) is 33.8 Å². The van der Waals surface area contributed by atoms with Crippen molar-refractivity contribution in [1.82, 2.24) is 5.32 Å². The molecule has 1 rings (SSSR count). The maximum Gasteiger partial charge on any atom is 0.132 e. The zero-order chi connectivity index (χ0) is 13.0. The van der Waals surface area contributed by atoms with Crippen LogP contribution in [-0.2, 0) is 0 Å². The summed E-state index contributed by atoms with van der Waals surface area (Å²) in [5.41, 5.74) is 0.143. The Labute approximate surface area is 110 Å². The monoisotopic (exact) mass is 305 g/mol. The SMILES string of the molecule is CCNC(c1c(F)cc(Br)cc1F)C(C)CC. The number of benzene rings is 1. The van der Waals surface area contributed by atoms with Crippen molar-refractivity contribution in [3.63, 3.8) is 0 Å². The molecule has 0 spiro atoms. The molecule has 0 saturated heterocycles. The lowest BCUT2D eigenvalue weighted by atomic mass is 9.91. The van der Waals surface area contributed by atoms with E-state index in [4.69, 9.17) is 0 Å². The second-order valence-corrected chi connectivity index (χ2v) is 5.12. The molecule has 0 aliphatic rings. The molecular weight excluding hydrogens is 288 g/mol. The summed E-state index contributed by atoms with van der Waals surface area (Å²) in [6.07, 6.45) is 0.868. The predicted molar refractivity (Wildman–Crippen MR) is 69.9 cm³/mol. The van der Waals surface area contributed by atoms with Crippen LogP contribution in [0.3, 0.4) is 0 Å². The number of hydrogen-bond acceptors (Lipinski definition) is 1. The van der Waals surface area contributed by atoms with E-state index in [2.05, 4.69) is 21.2 Å². The van der Waals surface area contributed by atoms with Gasteiger partial charge in [-0.3, -0.25) is 0 Å². The zero-order valence-electron chi connectivity index (χ0n) is 10.4. The summed E-state index contributed by atoms with van der Waals surface area (Å²) < 4.78 is 28.2. The van der Waals surface area contributed by atoms with Gasteiger partial charge in [-0.2, -0.15) is 0 Å². The highest BCUT2D eigenvalue weighted by atomic mass is 79.9. The van der Waals surface area contributed by atoms with Gasteiger partial charge in [0.2, 0.25) is 0 Å². The van der Waals surface area contributed by atoms with Crippen LogP contribution in [0.5, 0.6) is 0 Å². The molecule has 1 N–H and O–H groups in total. The molecule has 0 heterocycles. The molecule has 0 aromatic heterocycles. The van der Waals surface area contributed by atoms with Crippen LogP contribution in [0.25, 0.3) is 0 Å². The zero-order valence-corrected chi connectivity index (χ0v) is 11.9. The van der Waals surface area contributed by atoms with Gasteiger partial charge < -0.3 is 5.32 Å².